The molecule has 1 atom stereocenters. The third-order valence-corrected chi connectivity index (χ3v) is 5.22. The maximum Gasteiger partial charge on any atom is 0.416 e. The molecular weight excluding hydrogens is 413 g/mol. The molecular formula is C22H25F3N2O4. The lowest BCUT2D eigenvalue weighted by Crippen LogP contribution is -2.43. The molecule has 1 aliphatic rings. The van der Waals surface area contributed by atoms with E-state index in [2.05, 4.69) is 10.2 Å². The van der Waals surface area contributed by atoms with Crippen molar-refractivity contribution in [1.29, 1.82) is 0 Å². The molecule has 6 nitrogen and oxygen atoms in total. The van der Waals surface area contributed by atoms with Crippen molar-refractivity contribution >= 4 is 5.91 Å². The van der Waals surface area contributed by atoms with Gasteiger partial charge in [0.1, 0.15) is 11.5 Å². The van der Waals surface area contributed by atoms with Crippen molar-refractivity contribution in [2.45, 2.75) is 12.2 Å². The second kappa shape index (κ2) is 10.0. The molecule has 1 amide bonds. The number of ether oxygens (including phenoxy) is 3. The Bertz CT molecular complexity index is 881. The minimum absolute atomic E-state index is 0.222. The summed E-state index contributed by atoms with van der Waals surface area (Å²) in [6.07, 6.45) is -4.40. The zero-order valence-corrected chi connectivity index (χ0v) is 17.4. The Hall–Kier alpha value is -2.78. The van der Waals surface area contributed by atoms with Gasteiger partial charge >= 0.3 is 6.18 Å². The lowest BCUT2D eigenvalue weighted by atomic mass is 10.0. The van der Waals surface area contributed by atoms with E-state index in [9.17, 15) is 18.0 Å². The predicted octanol–water partition coefficient (Wildman–Crippen LogP) is 3.53. The molecule has 1 fully saturated rings. The first-order chi connectivity index (χ1) is 14.8. The molecule has 3 rings (SSSR count). The van der Waals surface area contributed by atoms with Crippen molar-refractivity contribution < 1.29 is 32.2 Å². The van der Waals surface area contributed by atoms with Crippen LogP contribution in [0.2, 0.25) is 0 Å². The van der Waals surface area contributed by atoms with Crippen LogP contribution in [0.4, 0.5) is 13.2 Å². The van der Waals surface area contributed by atoms with E-state index in [4.69, 9.17) is 14.2 Å². The van der Waals surface area contributed by atoms with Crippen LogP contribution in [0.3, 0.4) is 0 Å². The number of carbonyl (C=O) groups excluding carboxylic acids is 1. The van der Waals surface area contributed by atoms with Gasteiger partial charge in [0.2, 0.25) is 0 Å². The van der Waals surface area contributed by atoms with Gasteiger partial charge in [-0.15, -0.1) is 0 Å². The molecule has 31 heavy (non-hydrogen) atoms. The SMILES string of the molecule is COc1ccc(C(=O)NCC(c2ccc(C(F)(F)F)cc2)N2CCOCC2)c(OC)c1. The Morgan fingerprint density at radius 1 is 1.10 bits per heavy atom. The Balaban J connectivity index is 1.78. The molecule has 168 valence electrons. The molecule has 0 bridgehead atoms. The molecule has 1 N–H and O–H groups in total. The lowest BCUT2D eigenvalue weighted by Gasteiger charge is -2.35. The number of nitrogens with zero attached hydrogens (tertiary/aromatic N) is 1. The summed E-state index contributed by atoms with van der Waals surface area (Å²) in [5.74, 6) is 0.586. The Morgan fingerprint density at radius 2 is 1.77 bits per heavy atom. The molecule has 0 aliphatic carbocycles. The van der Waals surface area contributed by atoms with Gasteiger partial charge < -0.3 is 19.5 Å². The van der Waals surface area contributed by atoms with Gasteiger partial charge in [-0.3, -0.25) is 9.69 Å². The van der Waals surface area contributed by atoms with E-state index < -0.39 is 11.7 Å². The van der Waals surface area contributed by atoms with Crippen LogP contribution in [0.5, 0.6) is 11.5 Å². The largest absolute Gasteiger partial charge is 0.497 e. The molecule has 1 heterocycles. The predicted molar refractivity (Wildman–Crippen MR) is 108 cm³/mol. The third-order valence-electron chi connectivity index (χ3n) is 5.22. The van der Waals surface area contributed by atoms with Gasteiger partial charge in [-0.1, -0.05) is 12.1 Å². The van der Waals surface area contributed by atoms with E-state index in [1.807, 2.05) is 0 Å². The summed E-state index contributed by atoms with van der Waals surface area (Å²) in [6, 6.07) is 9.64. The molecule has 1 aliphatic heterocycles. The Morgan fingerprint density at radius 3 is 2.35 bits per heavy atom. The highest BCUT2D eigenvalue weighted by Gasteiger charge is 2.31. The first kappa shape index (κ1) is 22.9. The van der Waals surface area contributed by atoms with Crippen LogP contribution < -0.4 is 14.8 Å². The topological polar surface area (TPSA) is 60.0 Å². The number of hydrogen-bond donors (Lipinski definition) is 1. The quantitative estimate of drug-likeness (QED) is 0.717. The van der Waals surface area contributed by atoms with E-state index in [1.54, 1.807) is 18.2 Å². The minimum Gasteiger partial charge on any atom is -0.497 e. The molecule has 0 aromatic heterocycles. The number of morpholine rings is 1. The van der Waals surface area contributed by atoms with Crippen molar-refractivity contribution in [3.05, 3.63) is 59.2 Å². The molecule has 0 radical (unpaired) electrons. The summed E-state index contributed by atoms with van der Waals surface area (Å²) < 4.78 is 54.6. The van der Waals surface area contributed by atoms with E-state index in [0.29, 0.717) is 48.9 Å². The fourth-order valence-corrected chi connectivity index (χ4v) is 3.51. The second-order valence-electron chi connectivity index (χ2n) is 7.06. The van der Waals surface area contributed by atoms with Crippen LogP contribution in [0.1, 0.15) is 27.5 Å². The van der Waals surface area contributed by atoms with Crippen molar-refractivity contribution in [3.8, 4) is 11.5 Å². The highest BCUT2D eigenvalue weighted by Crippen LogP contribution is 2.31. The average molecular weight is 438 g/mol. The second-order valence-corrected chi connectivity index (χ2v) is 7.06. The smallest absolute Gasteiger partial charge is 0.416 e. The van der Waals surface area contributed by atoms with Gasteiger partial charge in [-0.05, 0) is 29.8 Å². The number of alkyl halides is 3. The number of carbonyl (C=O) groups is 1. The Labute approximate surface area is 178 Å². The first-order valence-corrected chi connectivity index (χ1v) is 9.82. The van der Waals surface area contributed by atoms with Gasteiger partial charge in [0.25, 0.3) is 5.91 Å². The molecule has 0 spiro atoms. The zero-order chi connectivity index (χ0) is 22.4. The summed E-state index contributed by atoms with van der Waals surface area (Å²) in [7, 11) is 2.98. The summed E-state index contributed by atoms with van der Waals surface area (Å²) in [6.45, 7) is 2.51. The van der Waals surface area contributed by atoms with Crippen LogP contribution in [-0.2, 0) is 10.9 Å². The highest BCUT2D eigenvalue weighted by molar-refractivity contribution is 5.97. The molecule has 2 aromatic carbocycles. The van der Waals surface area contributed by atoms with Crippen molar-refractivity contribution in [2.24, 2.45) is 0 Å². The van der Waals surface area contributed by atoms with Gasteiger partial charge in [0.15, 0.2) is 0 Å². The molecule has 2 aromatic rings. The van der Waals surface area contributed by atoms with Crippen LogP contribution in [0, 0.1) is 0 Å². The molecule has 1 unspecified atom stereocenters. The zero-order valence-electron chi connectivity index (χ0n) is 17.4. The number of halogens is 3. The first-order valence-electron chi connectivity index (χ1n) is 9.82. The van der Waals surface area contributed by atoms with Crippen LogP contribution >= 0.6 is 0 Å². The maximum atomic E-state index is 12.9. The summed E-state index contributed by atoms with van der Waals surface area (Å²) in [5, 5.41) is 2.89. The van der Waals surface area contributed by atoms with E-state index in [0.717, 1.165) is 12.1 Å². The van der Waals surface area contributed by atoms with Crippen LogP contribution in [0.25, 0.3) is 0 Å². The number of hydrogen-bond acceptors (Lipinski definition) is 5. The minimum atomic E-state index is -4.40. The number of methoxy groups -OCH3 is 2. The lowest BCUT2D eigenvalue weighted by molar-refractivity contribution is -0.137. The normalized spacial score (nSPS) is 15.9. The monoisotopic (exact) mass is 438 g/mol. The number of amides is 1. The van der Waals surface area contributed by atoms with Crippen LogP contribution in [-0.4, -0.2) is 57.9 Å². The van der Waals surface area contributed by atoms with Gasteiger partial charge in [0, 0.05) is 25.7 Å². The van der Waals surface area contributed by atoms with E-state index in [-0.39, 0.29) is 18.5 Å². The average Bonchev–Trinajstić information content (AvgIpc) is 2.79. The molecule has 1 saturated heterocycles. The number of benzene rings is 2. The summed E-state index contributed by atoms with van der Waals surface area (Å²) in [4.78, 5) is 14.9. The van der Waals surface area contributed by atoms with Crippen molar-refractivity contribution in [1.82, 2.24) is 10.2 Å². The van der Waals surface area contributed by atoms with Gasteiger partial charge in [-0.2, -0.15) is 13.2 Å². The highest BCUT2D eigenvalue weighted by atomic mass is 19.4. The van der Waals surface area contributed by atoms with E-state index >= 15 is 0 Å². The van der Waals surface area contributed by atoms with E-state index in [1.165, 1.54) is 26.4 Å². The van der Waals surface area contributed by atoms with Gasteiger partial charge in [0.05, 0.1) is 44.6 Å². The fourth-order valence-electron chi connectivity index (χ4n) is 3.51. The summed E-state index contributed by atoms with van der Waals surface area (Å²) in [5.41, 5.74) is 0.331. The standard InChI is InChI=1S/C22H25F3N2O4/c1-29-17-7-8-18(20(13-17)30-2)21(28)26-14-19(27-9-11-31-12-10-27)15-3-5-16(6-4-15)22(23,24)25/h3-8,13,19H,9-12,14H2,1-2H3,(H,26,28). The summed E-state index contributed by atoms with van der Waals surface area (Å²) >= 11 is 0. The maximum absolute atomic E-state index is 12.9. The molecule has 0 saturated carbocycles. The number of rotatable bonds is 7. The van der Waals surface area contributed by atoms with Crippen LogP contribution in [0.15, 0.2) is 42.5 Å². The Kier molecular flexibility index (Phi) is 7.40. The van der Waals surface area contributed by atoms with Crippen molar-refractivity contribution in [2.75, 3.05) is 47.1 Å². The molecule has 9 heteroatoms. The van der Waals surface area contributed by atoms with Gasteiger partial charge in [-0.25, -0.2) is 0 Å². The fraction of sp³-hybridized carbons (Fsp3) is 0.409. The third kappa shape index (κ3) is 5.68. The van der Waals surface area contributed by atoms with Crippen molar-refractivity contribution in [3.63, 3.8) is 0 Å². The number of nitrogens with one attached hydrogen (secondary N) is 1.